The van der Waals surface area contributed by atoms with Gasteiger partial charge in [-0.25, -0.2) is 4.98 Å². The van der Waals surface area contributed by atoms with E-state index in [1.54, 1.807) is 0 Å². The molecule has 0 radical (unpaired) electrons. The van der Waals surface area contributed by atoms with E-state index >= 15 is 0 Å². The molecule has 5 heterocycles. The number of nitrogens with zero attached hydrogens (tertiary/aromatic N) is 5. The second kappa shape index (κ2) is 12.1. The average molecular weight is 606 g/mol. The summed E-state index contributed by atoms with van der Waals surface area (Å²) in [6.45, 7) is 6.95. The number of fused-ring (bicyclic) bond motifs is 2. The smallest absolute Gasteiger partial charge is 0.291 e. The Morgan fingerprint density at radius 3 is 2.73 bits per heavy atom. The van der Waals surface area contributed by atoms with E-state index in [9.17, 15) is 4.79 Å². The van der Waals surface area contributed by atoms with Crippen LogP contribution in [-0.2, 0) is 33.0 Å². The molecule has 1 amide bonds. The van der Waals surface area contributed by atoms with Crippen molar-refractivity contribution in [3.63, 3.8) is 0 Å². The van der Waals surface area contributed by atoms with Gasteiger partial charge in [-0.05, 0) is 73.3 Å². The van der Waals surface area contributed by atoms with E-state index in [0.29, 0.717) is 29.5 Å². The second-order valence-electron chi connectivity index (χ2n) is 11.9. The summed E-state index contributed by atoms with van der Waals surface area (Å²) in [6, 6.07) is 16.3. The Balaban J connectivity index is 1.14. The molecule has 1 fully saturated rings. The summed E-state index contributed by atoms with van der Waals surface area (Å²) >= 11 is 6.98. The minimum Gasteiger partial charge on any atom is -0.327 e. The topological polar surface area (TPSA) is 88.0 Å². The highest BCUT2D eigenvalue weighted by atomic mass is 35.5. The lowest BCUT2D eigenvalue weighted by atomic mass is 9.93. The molecule has 224 valence electrons. The average Bonchev–Trinajstić information content (AvgIpc) is 3.67. The molecular formula is C35H36ClN7O. The number of carbonyl (C=O) groups excluding carboxylic acids is 1. The van der Waals surface area contributed by atoms with Gasteiger partial charge in [-0.1, -0.05) is 41.9 Å². The maximum Gasteiger partial charge on any atom is 0.291 e. The molecule has 0 unspecified atom stereocenters. The Labute approximate surface area is 262 Å². The van der Waals surface area contributed by atoms with Crippen LogP contribution in [0.1, 0.15) is 57.2 Å². The van der Waals surface area contributed by atoms with Gasteiger partial charge in [-0.2, -0.15) is 0 Å². The molecule has 8 nitrogen and oxygen atoms in total. The van der Waals surface area contributed by atoms with Crippen molar-refractivity contribution in [1.29, 1.82) is 0 Å². The number of hydrogen-bond acceptors (Lipinski definition) is 6. The largest absolute Gasteiger partial charge is 0.327 e. The summed E-state index contributed by atoms with van der Waals surface area (Å²) < 4.78 is 1.89. The van der Waals surface area contributed by atoms with Crippen LogP contribution in [0.2, 0.25) is 5.02 Å². The Morgan fingerprint density at radius 2 is 1.89 bits per heavy atom. The summed E-state index contributed by atoms with van der Waals surface area (Å²) in [5.74, 6) is 0.113. The number of imidazole rings is 1. The SMILES string of the molecule is Cc1c(Cc2nccc3cc(CN4CCCC4)cnc23)cccc1-c1cccc(NC(=O)c2nc3c(n2C)CCNC3)c1Cl. The lowest BCUT2D eigenvalue weighted by Crippen LogP contribution is -2.24. The Bertz CT molecular complexity index is 1880. The molecule has 3 aromatic heterocycles. The fourth-order valence-corrected chi connectivity index (χ4v) is 6.87. The number of halogens is 1. The fourth-order valence-electron chi connectivity index (χ4n) is 6.60. The first kappa shape index (κ1) is 28.6. The van der Waals surface area contributed by atoms with Crippen LogP contribution in [0.5, 0.6) is 0 Å². The number of likely N-dealkylation sites (tertiary alicyclic amines) is 1. The number of nitrogens with one attached hydrogen (secondary N) is 2. The van der Waals surface area contributed by atoms with Crippen LogP contribution in [-0.4, -0.2) is 50.0 Å². The molecule has 0 bridgehead atoms. The van der Waals surface area contributed by atoms with Crippen molar-refractivity contribution >= 4 is 34.1 Å². The van der Waals surface area contributed by atoms with Crippen molar-refractivity contribution in [3.8, 4) is 11.1 Å². The first-order valence-corrected chi connectivity index (χ1v) is 15.7. The number of aromatic nitrogens is 4. The normalized spacial score (nSPS) is 15.1. The molecule has 1 saturated heterocycles. The number of anilines is 1. The predicted octanol–water partition coefficient (Wildman–Crippen LogP) is 6.08. The van der Waals surface area contributed by atoms with E-state index in [0.717, 1.165) is 82.8 Å². The zero-order chi connectivity index (χ0) is 30.2. The van der Waals surface area contributed by atoms with Gasteiger partial charge in [0.15, 0.2) is 5.82 Å². The minimum atomic E-state index is -0.274. The lowest BCUT2D eigenvalue weighted by Gasteiger charge is -2.16. The molecule has 0 saturated carbocycles. The molecule has 0 aliphatic carbocycles. The van der Waals surface area contributed by atoms with Gasteiger partial charge in [0.1, 0.15) is 0 Å². The van der Waals surface area contributed by atoms with Crippen LogP contribution in [0.15, 0.2) is 60.9 Å². The third-order valence-corrected chi connectivity index (χ3v) is 9.42. The van der Waals surface area contributed by atoms with Crippen molar-refractivity contribution in [3.05, 3.63) is 106 Å². The Hall–Kier alpha value is -4.11. The van der Waals surface area contributed by atoms with E-state index in [1.807, 2.05) is 42.2 Å². The molecule has 0 spiro atoms. The molecule has 5 aromatic rings. The van der Waals surface area contributed by atoms with Crippen LogP contribution >= 0.6 is 11.6 Å². The van der Waals surface area contributed by atoms with Gasteiger partial charge in [-0.3, -0.25) is 19.7 Å². The summed E-state index contributed by atoms with van der Waals surface area (Å²) in [5, 5.41) is 7.95. The van der Waals surface area contributed by atoms with Crippen LogP contribution in [0.4, 0.5) is 5.69 Å². The molecule has 2 aromatic carbocycles. The maximum absolute atomic E-state index is 13.3. The third kappa shape index (κ3) is 5.49. The standard InChI is InChI=1S/C35H36ClN7O/c1-22-24(18-29-33-25(11-14-38-29)17-23(19-39-33)21-43-15-3-4-16-43)7-5-8-26(22)27-9-6-10-28(32(27)36)41-35(44)34-40-30-20-37-13-12-31(30)42(34)2/h5-11,14,17,19,37H,3-4,12-13,15-16,18,20-21H2,1-2H3,(H,41,44). The van der Waals surface area contributed by atoms with E-state index < -0.39 is 0 Å². The molecular weight excluding hydrogens is 570 g/mol. The third-order valence-electron chi connectivity index (χ3n) is 9.01. The van der Waals surface area contributed by atoms with Crippen LogP contribution in [0, 0.1) is 6.92 Å². The highest BCUT2D eigenvalue weighted by Gasteiger charge is 2.23. The zero-order valence-electron chi connectivity index (χ0n) is 25.2. The van der Waals surface area contributed by atoms with Gasteiger partial charge in [0, 0.05) is 68.6 Å². The molecule has 44 heavy (non-hydrogen) atoms. The first-order valence-electron chi connectivity index (χ1n) is 15.3. The number of rotatable bonds is 7. The lowest BCUT2D eigenvalue weighted by molar-refractivity contribution is 0.101. The molecule has 2 aliphatic heterocycles. The highest BCUT2D eigenvalue weighted by molar-refractivity contribution is 6.36. The number of amides is 1. The Morgan fingerprint density at radius 1 is 1.07 bits per heavy atom. The molecule has 0 atom stereocenters. The predicted molar refractivity (Wildman–Crippen MR) is 175 cm³/mol. The quantitative estimate of drug-likeness (QED) is 0.234. The number of carbonyl (C=O) groups is 1. The number of hydrogen-bond donors (Lipinski definition) is 2. The molecule has 9 heteroatoms. The number of pyridine rings is 2. The number of benzene rings is 2. The fraction of sp³-hybridized carbons (Fsp3) is 0.314. The van der Waals surface area contributed by atoms with Gasteiger partial charge < -0.3 is 15.2 Å². The second-order valence-corrected chi connectivity index (χ2v) is 12.2. The van der Waals surface area contributed by atoms with Crippen molar-refractivity contribution in [2.24, 2.45) is 7.05 Å². The van der Waals surface area contributed by atoms with Crippen LogP contribution in [0.3, 0.4) is 0 Å². The van der Waals surface area contributed by atoms with Gasteiger partial charge >= 0.3 is 0 Å². The van der Waals surface area contributed by atoms with Gasteiger partial charge in [0.2, 0.25) is 0 Å². The van der Waals surface area contributed by atoms with Crippen molar-refractivity contribution < 1.29 is 4.79 Å². The molecule has 7 rings (SSSR count). The maximum atomic E-state index is 13.3. The molecule has 2 N–H and O–H groups in total. The van der Waals surface area contributed by atoms with E-state index in [4.69, 9.17) is 21.6 Å². The van der Waals surface area contributed by atoms with Crippen LogP contribution < -0.4 is 10.6 Å². The van der Waals surface area contributed by atoms with Crippen molar-refractivity contribution in [2.75, 3.05) is 25.0 Å². The monoisotopic (exact) mass is 605 g/mol. The minimum absolute atomic E-state index is 0.274. The van der Waals surface area contributed by atoms with E-state index in [1.165, 1.54) is 18.4 Å². The van der Waals surface area contributed by atoms with Crippen molar-refractivity contribution in [2.45, 2.75) is 45.7 Å². The molecule has 2 aliphatic rings. The first-order chi connectivity index (χ1) is 21.5. The Kier molecular flexibility index (Phi) is 7.89. The van der Waals surface area contributed by atoms with E-state index in [-0.39, 0.29) is 5.91 Å². The summed E-state index contributed by atoms with van der Waals surface area (Å²) in [7, 11) is 1.90. The van der Waals surface area contributed by atoms with Gasteiger partial charge in [-0.15, -0.1) is 0 Å². The summed E-state index contributed by atoms with van der Waals surface area (Å²) in [4.78, 5) is 30.0. The highest BCUT2D eigenvalue weighted by Crippen LogP contribution is 2.37. The zero-order valence-corrected chi connectivity index (χ0v) is 25.9. The van der Waals surface area contributed by atoms with Gasteiger partial charge in [0.25, 0.3) is 5.91 Å². The van der Waals surface area contributed by atoms with Gasteiger partial charge in [0.05, 0.1) is 27.6 Å². The summed E-state index contributed by atoms with van der Waals surface area (Å²) in [6.07, 6.45) is 7.95. The van der Waals surface area contributed by atoms with Crippen molar-refractivity contribution in [1.82, 2.24) is 29.7 Å². The van der Waals surface area contributed by atoms with E-state index in [2.05, 4.69) is 57.8 Å². The van der Waals surface area contributed by atoms with Crippen LogP contribution in [0.25, 0.3) is 22.0 Å². The summed E-state index contributed by atoms with van der Waals surface area (Å²) in [5.41, 5.74) is 9.88.